The Balaban J connectivity index is 2.22. The highest BCUT2D eigenvalue weighted by molar-refractivity contribution is 9.10. The van der Waals surface area contributed by atoms with Crippen LogP contribution in [0.2, 0.25) is 0 Å². The molecule has 2 aromatic rings. The standard InChI is InChI=1S/C14H19BrN4O2/c1-3-20-12-7-10(4-5-16)6-11(15)14(12)21-8-13-17-9-18-19(13)2/h6-7,9H,3-5,8,16H2,1-2H3. The number of halogens is 1. The summed E-state index contributed by atoms with van der Waals surface area (Å²) in [5.74, 6) is 2.12. The predicted octanol–water partition coefficient (Wildman–Crippen LogP) is 2.06. The molecule has 0 fully saturated rings. The first-order valence-corrected chi connectivity index (χ1v) is 7.56. The first-order chi connectivity index (χ1) is 10.2. The molecule has 114 valence electrons. The lowest BCUT2D eigenvalue weighted by Crippen LogP contribution is -2.07. The Kier molecular flexibility index (Phi) is 5.58. The maximum Gasteiger partial charge on any atom is 0.176 e. The van der Waals surface area contributed by atoms with Crippen molar-refractivity contribution in [1.29, 1.82) is 0 Å². The van der Waals surface area contributed by atoms with Crippen LogP contribution in [0.1, 0.15) is 18.3 Å². The van der Waals surface area contributed by atoms with Crippen molar-refractivity contribution in [3.63, 3.8) is 0 Å². The monoisotopic (exact) mass is 354 g/mol. The zero-order valence-corrected chi connectivity index (χ0v) is 13.8. The highest BCUT2D eigenvalue weighted by Gasteiger charge is 2.13. The third-order valence-electron chi connectivity index (χ3n) is 2.95. The number of benzene rings is 1. The molecular weight excluding hydrogens is 336 g/mol. The van der Waals surface area contributed by atoms with Crippen molar-refractivity contribution in [2.45, 2.75) is 20.0 Å². The van der Waals surface area contributed by atoms with Crippen molar-refractivity contribution in [3.05, 3.63) is 34.3 Å². The Morgan fingerprint density at radius 1 is 1.33 bits per heavy atom. The summed E-state index contributed by atoms with van der Waals surface area (Å²) in [6.07, 6.45) is 2.30. The quantitative estimate of drug-likeness (QED) is 0.823. The summed E-state index contributed by atoms with van der Waals surface area (Å²) in [7, 11) is 1.83. The van der Waals surface area contributed by atoms with E-state index >= 15 is 0 Å². The van der Waals surface area contributed by atoms with Gasteiger partial charge in [-0.15, -0.1) is 0 Å². The van der Waals surface area contributed by atoms with Crippen LogP contribution in [-0.2, 0) is 20.1 Å². The normalized spacial score (nSPS) is 10.7. The van der Waals surface area contributed by atoms with E-state index in [9.17, 15) is 0 Å². The second kappa shape index (κ2) is 7.42. The van der Waals surface area contributed by atoms with E-state index in [1.807, 2.05) is 26.1 Å². The minimum absolute atomic E-state index is 0.325. The number of rotatable bonds is 7. The van der Waals surface area contributed by atoms with Gasteiger partial charge in [-0.25, -0.2) is 4.98 Å². The highest BCUT2D eigenvalue weighted by Crippen LogP contribution is 2.37. The molecule has 0 amide bonds. The van der Waals surface area contributed by atoms with Crippen LogP contribution < -0.4 is 15.2 Å². The van der Waals surface area contributed by atoms with Crippen LogP contribution in [0.3, 0.4) is 0 Å². The van der Waals surface area contributed by atoms with Gasteiger partial charge in [-0.1, -0.05) is 0 Å². The Bertz CT molecular complexity index is 601. The molecule has 0 bridgehead atoms. The average molecular weight is 355 g/mol. The second-order valence-corrected chi connectivity index (χ2v) is 5.32. The molecule has 7 heteroatoms. The SMILES string of the molecule is CCOc1cc(CCN)cc(Br)c1OCc1ncnn1C. The molecule has 0 atom stereocenters. The zero-order chi connectivity index (χ0) is 15.2. The van der Waals surface area contributed by atoms with Crippen LogP contribution in [0.15, 0.2) is 22.9 Å². The molecule has 6 nitrogen and oxygen atoms in total. The van der Waals surface area contributed by atoms with E-state index in [0.29, 0.717) is 31.3 Å². The molecule has 0 spiro atoms. The molecule has 0 radical (unpaired) electrons. The van der Waals surface area contributed by atoms with Crippen LogP contribution in [0, 0.1) is 0 Å². The van der Waals surface area contributed by atoms with Crippen molar-refractivity contribution in [2.75, 3.05) is 13.2 Å². The molecule has 0 aliphatic rings. The van der Waals surface area contributed by atoms with Gasteiger partial charge < -0.3 is 15.2 Å². The summed E-state index contributed by atoms with van der Waals surface area (Å²) >= 11 is 3.53. The minimum atomic E-state index is 0.325. The zero-order valence-electron chi connectivity index (χ0n) is 12.2. The lowest BCUT2D eigenvalue weighted by atomic mass is 10.1. The summed E-state index contributed by atoms with van der Waals surface area (Å²) in [5, 5.41) is 4.02. The fourth-order valence-electron chi connectivity index (χ4n) is 1.92. The van der Waals surface area contributed by atoms with E-state index in [2.05, 4.69) is 26.0 Å². The van der Waals surface area contributed by atoms with E-state index in [-0.39, 0.29) is 0 Å². The molecule has 2 N–H and O–H groups in total. The van der Waals surface area contributed by atoms with E-state index < -0.39 is 0 Å². The van der Waals surface area contributed by atoms with Crippen LogP contribution >= 0.6 is 15.9 Å². The third kappa shape index (κ3) is 3.95. The number of hydrogen-bond donors (Lipinski definition) is 1. The first-order valence-electron chi connectivity index (χ1n) is 6.76. The number of nitrogens with zero attached hydrogens (tertiary/aromatic N) is 3. The van der Waals surface area contributed by atoms with E-state index in [0.717, 1.165) is 22.3 Å². The van der Waals surface area contributed by atoms with Crippen molar-refractivity contribution >= 4 is 15.9 Å². The van der Waals surface area contributed by atoms with Gasteiger partial charge in [0, 0.05) is 7.05 Å². The van der Waals surface area contributed by atoms with Crippen molar-refractivity contribution < 1.29 is 9.47 Å². The van der Waals surface area contributed by atoms with Crippen LogP contribution in [-0.4, -0.2) is 27.9 Å². The molecule has 0 aliphatic carbocycles. The number of aryl methyl sites for hydroxylation is 1. The van der Waals surface area contributed by atoms with E-state index in [4.69, 9.17) is 15.2 Å². The van der Waals surface area contributed by atoms with Gasteiger partial charge >= 0.3 is 0 Å². The summed E-state index contributed by atoms with van der Waals surface area (Å²) in [6, 6.07) is 3.97. The Morgan fingerprint density at radius 2 is 2.14 bits per heavy atom. The molecular formula is C14H19BrN4O2. The Morgan fingerprint density at radius 3 is 2.76 bits per heavy atom. The van der Waals surface area contributed by atoms with Gasteiger partial charge in [0.05, 0.1) is 11.1 Å². The second-order valence-electron chi connectivity index (χ2n) is 4.47. The number of aromatic nitrogens is 3. The van der Waals surface area contributed by atoms with Gasteiger partial charge in [-0.05, 0) is 53.5 Å². The number of nitrogens with two attached hydrogens (primary N) is 1. The Labute approximate surface area is 132 Å². The summed E-state index contributed by atoms with van der Waals surface area (Å²) in [6.45, 7) is 3.43. The molecule has 0 saturated heterocycles. The molecule has 0 unspecified atom stereocenters. The van der Waals surface area contributed by atoms with Crippen LogP contribution in [0.4, 0.5) is 0 Å². The molecule has 1 aromatic heterocycles. The molecule has 0 aliphatic heterocycles. The topological polar surface area (TPSA) is 75.2 Å². The maximum absolute atomic E-state index is 5.85. The van der Waals surface area contributed by atoms with Crippen LogP contribution in [0.5, 0.6) is 11.5 Å². The molecule has 1 heterocycles. The molecule has 2 rings (SSSR count). The van der Waals surface area contributed by atoms with Gasteiger partial charge in [0.1, 0.15) is 12.9 Å². The Hall–Kier alpha value is -1.60. The largest absolute Gasteiger partial charge is 0.490 e. The van der Waals surface area contributed by atoms with Gasteiger partial charge in [-0.3, -0.25) is 4.68 Å². The molecule has 0 saturated carbocycles. The minimum Gasteiger partial charge on any atom is -0.490 e. The first kappa shape index (κ1) is 15.8. The average Bonchev–Trinajstić information content (AvgIpc) is 2.84. The van der Waals surface area contributed by atoms with Gasteiger partial charge in [-0.2, -0.15) is 5.10 Å². The predicted molar refractivity (Wildman–Crippen MR) is 83.4 cm³/mol. The lowest BCUT2D eigenvalue weighted by Gasteiger charge is -2.15. The lowest BCUT2D eigenvalue weighted by molar-refractivity contribution is 0.258. The fourth-order valence-corrected chi connectivity index (χ4v) is 2.53. The molecule has 21 heavy (non-hydrogen) atoms. The number of hydrogen-bond acceptors (Lipinski definition) is 5. The summed E-state index contributed by atoms with van der Waals surface area (Å²) in [4.78, 5) is 4.14. The van der Waals surface area contributed by atoms with Crippen molar-refractivity contribution in [3.8, 4) is 11.5 Å². The number of ether oxygens (including phenoxy) is 2. The van der Waals surface area contributed by atoms with Gasteiger partial charge in [0.15, 0.2) is 17.3 Å². The highest BCUT2D eigenvalue weighted by atomic mass is 79.9. The third-order valence-corrected chi connectivity index (χ3v) is 3.54. The molecule has 1 aromatic carbocycles. The van der Waals surface area contributed by atoms with Gasteiger partial charge in [0.25, 0.3) is 0 Å². The smallest absolute Gasteiger partial charge is 0.176 e. The summed E-state index contributed by atoms with van der Waals surface area (Å²) < 4.78 is 14.0. The van der Waals surface area contributed by atoms with E-state index in [1.54, 1.807) is 4.68 Å². The fraction of sp³-hybridized carbons (Fsp3) is 0.429. The van der Waals surface area contributed by atoms with Gasteiger partial charge in [0.2, 0.25) is 0 Å². The van der Waals surface area contributed by atoms with E-state index in [1.165, 1.54) is 6.33 Å². The van der Waals surface area contributed by atoms with Crippen molar-refractivity contribution in [1.82, 2.24) is 14.8 Å². The van der Waals surface area contributed by atoms with Crippen molar-refractivity contribution in [2.24, 2.45) is 12.8 Å². The van der Waals surface area contributed by atoms with Crippen LogP contribution in [0.25, 0.3) is 0 Å². The maximum atomic E-state index is 5.85. The summed E-state index contributed by atoms with van der Waals surface area (Å²) in [5.41, 5.74) is 6.72.